The van der Waals surface area contributed by atoms with E-state index >= 15 is 0 Å². The van der Waals surface area contributed by atoms with Gasteiger partial charge in [-0.3, -0.25) is 4.79 Å². The molecule has 0 bridgehead atoms. The largest absolute Gasteiger partial charge is 0.284 e. The van der Waals surface area contributed by atoms with Crippen molar-refractivity contribution in [2.24, 2.45) is 0 Å². The minimum absolute atomic E-state index is 0.748. The number of rotatable bonds is 3. The Bertz CT molecular complexity index is 127. The summed E-state index contributed by atoms with van der Waals surface area (Å²) in [6.45, 7) is 3.99. The van der Waals surface area contributed by atoms with E-state index in [0.29, 0.717) is 0 Å². The van der Waals surface area contributed by atoms with E-state index < -0.39 is 0 Å². The smallest absolute Gasteiger partial charge is 0.240 e. The van der Waals surface area contributed by atoms with Gasteiger partial charge in [-0.15, -0.1) is 11.8 Å². The van der Waals surface area contributed by atoms with Crippen molar-refractivity contribution >= 4 is 18.0 Å². The minimum Gasteiger partial charge on any atom is -0.284 e. The monoisotopic (exact) mass is 143 g/mol. The Morgan fingerprint density at radius 2 is 2.22 bits per heavy atom. The lowest BCUT2D eigenvalue weighted by Gasteiger charge is -1.96. The van der Waals surface area contributed by atoms with Crippen LogP contribution in [-0.2, 0) is 4.79 Å². The first kappa shape index (κ1) is 8.76. The Labute approximate surface area is 60.5 Å². The van der Waals surface area contributed by atoms with Gasteiger partial charge in [0.25, 0.3) is 0 Å². The summed E-state index contributed by atoms with van der Waals surface area (Å²) in [4.78, 5) is 10.9. The van der Waals surface area contributed by atoms with Gasteiger partial charge in [0.1, 0.15) is 0 Å². The highest BCUT2D eigenvalue weighted by Crippen LogP contribution is 2.15. The Morgan fingerprint density at radius 1 is 1.67 bits per heavy atom. The van der Waals surface area contributed by atoms with E-state index in [-0.39, 0.29) is 0 Å². The van der Waals surface area contributed by atoms with Gasteiger partial charge in [-0.25, -0.2) is 0 Å². The average molecular weight is 143 g/mol. The van der Waals surface area contributed by atoms with E-state index in [1.165, 1.54) is 11.8 Å². The lowest BCUT2D eigenvalue weighted by Crippen LogP contribution is -1.82. The predicted octanol–water partition coefficient (Wildman–Crippen LogP) is 2.14. The molecule has 0 heterocycles. The summed E-state index contributed by atoms with van der Waals surface area (Å²) >= 11 is 1.46. The molecule has 0 N–H and O–H groups in total. The first-order valence-electron chi connectivity index (χ1n) is 2.88. The minimum atomic E-state index is 0.748. The molecule has 0 rings (SSSR count). The highest BCUT2D eigenvalue weighted by Gasteiger charge is 1.96. The first-order valence-corrected chi connectivity index (χ1v) is 4.10. The number of allylic oxidation sites excluding steroid dienone is 2. The van der Waals surface area contributed by atoms with Crippen LogP contribution in [0.4, 0.5) is 0 Å². The zero-order valence-electron chi connectivity index (χ0n) is 6.02. The molecule has 9 heavy (non-hydrogen) atoms. The lowest BCUT2D eigenvalue weighted by atomic mass is 10.2. The predicted molar refractivity (Wildman–Crippen MR) is 42.2 cm³/mol. The van der Waals surface area contributed by atoms with Crippen LogP contribution in [0.15, 0.2) is 10.5 Å². The Hall–Kier alpha value is -0.240. The molecule has 0 saturated heterocycles. The van der Waals surface area contributed by atoms with E-state index in [4.69, 9.17) is 0 Å². The quantitative estimate of drug-likeness (QED) is 0.563. The molecule has 0 aromatic rings. The van der Waals surface area contributed by atoms with Crippen molar-refractivity contribution in [3.63, 3.8) is 0 Å². The van der Waals surface area contributed by atoms with E-state index in [0.717, 1.165) is 16.9 Å². The molecular formula is C7H11OS. The van der Waals surface area contributed by atoms with Crippen LogP contribution < -0.4 is 0 Å². The average Bonchev–Trinajstić information content (AvgIpc) is 1.90. The summed E-state index contributed by atoms with van der Waals surface area (Å²) in [5.74, 6) is 0. The normalized spacial score (nSPS) is 12.8. The molecule has 2 heteroatoms. The van der Waals surface area contributed by atoms with Crippen LogP contribution in [-0.4, -0.2) is 12.5 Å². The molecule has 0 unspecified atom stereocenters. The molecule has 0 aliphatic carbocycles. The number of thioether (sulfide) groups is 1. The van der Waals surface area contributed by atoms with Crippen LogP contribution in [0, 0.1) is 0 Å². The zero-order chi connectivity index (χ0) is 7.28. The van der Waals surface area contributed by atoms with Gasteiger partial charge in [0, 0.05) is 0 Å². The van der Waals surface area contributed by atoms with Gasteiger partial charge >= 0.3 is 0 Å². The summed E-state index contributed by atoms with van der Waals surface area (Å²) in [5.41, 5.74) is 1.12. The van der Waals surface area contributed by atoms with Gasteiger partial charge in [0.2, 0.25) is 6.29 Å². The molecule has 0 atom stereocenters. The molecule has 0 aromatic heterocycles. The van der Waals surface area contributed by atoms with E-state index in [2.05, 4.69) is 0 Å². The van der Waals surface area contributed by atoms with Crippen molar-refractivity contribution in [1.29, 1.82) is 0 Å². The van der Waals surface area contributed by atoms with E-state index in [1.54, 1.807) is 0 Å². The summed E-state index contributed by atoms with van der Waals surface area (Å²) in [5, 5.41) is 0. The summed E-state index contributed by atoms with van der Waals surface area (Å²) < 4.78 is 0. The maximum absolute atomic E-state index is 10.1. The maximum atomic E-state index is 10.1. The second-order valence-corrected chi connectivity index (χ2v) is 2.59. The van der Waals surface area contributed by atoms with E-state index in [9.17, 15) is 4.79 Å². The molecule has 0 aliphatic heterocycles. The second kappa shape index (κ2) is 4.62. The highest BCUT2D eigenvalue weighted by molar-refractivity contribution is 8.03. The highest BCUT2D eigenvalue weighted by atomic mass is 32.2. The zero-order valence-corrected chi connectivity index (χ0v) is 6.84. The SMILES string of the molecule is CCC(C)=C([C]=O)SC. The number of hydrogen-bond acceptors (Lipinski definition) is 2. The fourth-order valence-corrected chi connectivity index (χ4v) is 1.04. The molecular weight excluding hydrogens is 132 g/mol. The number of hydrogen-bond donors (Lipinski definition) is 0. The fraction of sp³-hybridized carbons (Fsp3) is 0.571. The molecule has 0 spiro atoms. The van der Waals surface area contributed by atoms with Gasteiger partial charge < -0.3 is 0 Å². The molecule has 1 radical (unpaired) electrons. The third kappa shape index (κ3) is 2.70. The van der Waals surface area contributed by atoms with E-state index in [1.807, 2.05) is 26.4 Å². The molecule has 0 fully saturated rings. The van der Waals surface area contributed by atoms with Crippen LogP contribution in [0.1, 0.15) is 20.3 Å². The third-order valence-corrected chi connectivity index (χ3v) is 2.05. The molecule has 0 aliphatic rings. The summed E-state index contributed by atoms with van der Waals surface area (Å²) in [6.07, 6.45) is 4.72. The second-order valence-electron chi connectivity index (χ2n) is 1.77. The lowest BCUT2D eigenvalue weighted by molar-refractivity contribution is 0.563. The fourth-order valence-electron chi connectivity index (χ4n) is 0.464. The van der Waals surface area contributed by atoms with Crippen molar-refractivity contribution in [2.45, 2.75) is 20.3 Å². The Morgan fingerprint density at radius 3 is 2.33 bits per heavy atom. The summed E-state index contributed by atoms with van der Waals surface area (Å²) in [7, 11) is 0. The van der Waals surface area contributed by atoms with Crippen molar-refractivity contribution in [1.82, 2.24) is 0 Å². The number of carbonyl (C=O) groups excluding carboxylic acids is 1. The maximum Gasteiger partial charge on any atom is 0.240 e. The van der Waals surface area contributed by atoms with Gasteiger partial charge in [-0.1, -0.05) is 12.5 Å². The van der Waals surface area contributed by atoms with Crippen LogP contribution >= 0.6 is 11.8 Å². The van der Waals surface area contributed by atoms with Crippen molar-refractivity contribution in [3.8, 4) is 0 Å². The van der Waals surface area contributed by atoms with Crippen LogP contribution in [0.3, 0.4) is 0 Å². The van der Waals surface area contributed by atoms with Gasteiger partial charge in [0.05, 0.1) is 4.91 Å². The molecule has 0 saturated carbocycles. The van der Waals surface area contributed by atoms with Crippen molar-refractivity contribution in [3.05, 3.63) is 10.5 Å². The molecule has 0 amide bonds. The first-order chi connectivity index (χ1) is 4.26. The van der Waals surface area contributed by atoms with Crippen molar-refractivity contribution in [2.75, 3.05) is 6.26 Å². The molecule has 51 valence electrons. The standard InChI is InChI=1S/C7H11OS/c1-4-6(2)7(5-8)9-3/h4H2,1-3H3. The van der Waals surface area contributed by atoms with Crippen LogP contribution in [0.25, 0.3) is 0 Å². The van der Waals surface area contributed by atoms with Crippen molar-refractivity contribution < 1.29 is 4.79 Å². The van der Waals surface area contributed by atoms with Gasteiger partial charge in [-0.2, -0.15) is 0 Å². The van der Waals surface area contributed by atoms with Gasteiger partial charge in [0.15, 0.2) is 0 Å². The topological polar surface area (TPSA) is 17.1 Å². The van der Waals surface area contributed by atoms with Crippen LogP contribution in [0.5, 0.6) is 0 Å². The molecule has 0 aromatic carbocycles. The van der Waals surface area contributed by atoms with Crippen LogP contribution in [0.2, 0.25) is 0 Å². The Kier molecular flexibility index (Phi) is 4.50. The van der Waals surface area contributed by atoms with Gasteiger partial charge in [-0.05, 0) is 19.6 Å². The third-order valence-electron chi connectivity index (χ3n) is 1.21. The Balaban J connectivity index is 4.18. The summed E-state index contributed by atoms with van der Waals surface area (Å²) in [6, 6.07) is 0. The molecule has 1 nitrogen and oxygen atoms in total.